The monoisotopic (exact) mass is 369 g/mol. The van der Waals surface area contributed by atoms with Crippen molar-refractivity contribution in [2.24, 2.45) is 0 Å². The lowest BCUT2D eigenvalue weighted by Crippen LogP contribution is -2.17. The Morgan fingerprint density at radius 2 is 1.79 bits per heavy atom. The number of hydrogen-bond donors (Lipinski definition) is 2. The van der Waals surface area contributed by atoms with Crippen molar-refractivity contribution in [3.05, 3.63) is 63.8 Å². The maximum Gasteiger partial charge on any atom is 0.145 e. The van der Waals surface area contributed by atoms with E-state index in [4.69, 9.17) is 23.2 Å². The molecule has 0 bridgehead atoms. The number of nitrogens with one attached hydrogen (secondary N) is 1. The highest BCUT2D eigenvalue weighted by molar-refractivity contribution is 6.42. The number of fused-ring (bicyclic) bond motifs is 1. The van der Waals surface area contributed by atoms with Crippen LogP contribution >= 0.6 is 23.2 Å². The molecule has 3 rings (SSSR count). The van der Waals surface area contributed by atoms with E-state index in [0.717, 1.165) is 12.1 Å². The highest BCUT2D eigenvalue weighted by Crippen LogP contribution is 2.27. The van der Waals surface area contributed by atoms with Crippen LogP contribution in [0.25, 0.3) is 11.0 Å². The Morgan fingerprint density at radius 1 is 1.08 bits per heavy atom. The van der Waals surface area contributed by atoms with Crippen LogP contribution in [0.2, 0.25) is 10.0 Å². The van der Waals surface area contributed by atoms with Crippen LogP contribution in [-0.2, 0) is 0 Å². The van der Waals surface area contributed by atoms with Crippen molar-refractivity contribution < 1.29 is 13.9 Å². The summed E-state index contributed by atoms with van der Waals surface area (Å²) in [6.07, 6.45) is 1.43. The zero-order valence-corrected chi connectivity index (χ0v) is 13.6. The summed E-state index contributed by atoms with van der Waals surface area (Å²) >= 11 is 11.9. The number of halogens is 4. The molecular weight excluding hydrogens is 359 g/mol. The Labute approximate surface area is 146 Å². The molecular formula is C16H11Cl2F2N3O. The SMILES string of the molecule is OCC(Nc1cnc2cc(Cl)c(Cl)cc2n1)c1ccc(F)cc1F. The molecule has 24 heavy (non-hydrogen) atoms. The summed E-state index contributed by atoms with van der Waals surface area (Å²) in [5.74, 6) is -1.14. The number of anilines is 1. The zero-order chi connectivity index (χ0) is 17.3. The van der Waals surface area contributed by atoms with Gasteiger partial charge < -0.3 is 10.4 Å². The number of nitrogens with zero attached hydrogens (tertiary/aromatic N) is 2. The maximum absolute atomic E-state index is 13.9. The Bertz CT molecular complexity index is 908. The van der Waals surface area contributed by atoms with E-state index in [2.05, 4.69) is 15.3 Å². The van der Waals surface area contributed by atoms with E-state index >= 15 is 0 Å². The van der Waals surface area contributed by atoms with Gasteiger partial charge in [0.15, 0.2) is 0 Å². The fourth-order valence-corrected chi connectivity index (χ4v) is 2.58. The zero-order valence-electron chi connectivity index (χ0n) is 12.1. The fourth-order valence-electron chi connectivity index (χ4n) is 2.26. The van der Waals surface area contributed by atoms with Gasteiger partial charge in [-0.15, -0.1) is 0 Å². The van der Waals surface area contributed by atoms with Crippen LogP contribution in [0.1, 0.15) is 11.6 Å². The summed E-state index contributed by atoms with van der Waals surface area (Å²) in [7, 11) is 0. The summed E-state index contributed by atoms with van der Waals surface area (Å²) < 4.78 is 26.9. The predicted molar refractivity (Wildman–Crippen MR) is 89.4 cm³/mol. The van der Waals surface area contributed by atoms with E-state index in [0.29, 0.717) is 26.9 Å². The number of aromatic nitrogens is 2. The second-order valence-electron chi connectivity index (χ2n) is 5.06. The minimum Gasteiger partial charge on any atom is -0.394 e. The molecule has 0 aliphatic rings. The van der Waals surface area contributed by atoms with Crippen LogP contribution in [-0.4, -0.2) is 21.7 Å². The first-order valence-electron chi connectivity index (χ1n) is 6.92. The van der Waals surface area contributed by atoms with E-state index in [1.54, 1.807) is 12.1 Å². The van der Waals surface area contributed by atoms with Gasteiger partial charge in [-0.2, -0.15) is 0 Å². The van der Waals surface area contributed by atoms with Gasteiger partial charge in [0.1, 0.15) is 17.5 Å². The third-order valence-corrected chi connectivity index (χ3v) is 4.15. The van der Waals surface area contributed by atoms with Gasteiger partial charge in [0.2, 0.25) is 0 Å². The molecule has 1 heterocycles. The first-order valence-corrected chi connectivity index (χ1v) is 7.67. The van der Waals surface area contributed by atoms with Gasteiger partial charge >= 0.3 is 0 Å². The molecule has 3 aromatic rings. The van der Waals surface area contributed by atoms with Gasteiger partial charge in [-0.1, -0.05) is 29.3 Å². The quantitative estimate of drug-likeness (QED) is 0.717. The molecule has 0 saturated carbocycles. The summed E-state index contributed by atoms with van der Waals surface area (Å²) in [6.45, 7) is -0.413. The van der Waals surface area contributed by atoms with Gasteiger partial charge in [0, 0.05) is 11.6 Å². The first kappa shape index (κ1) is 16.8. The maximum atomic E-state index is 13.9. The van der Waals surface area contributed by atoms with Crippen molar-refractivity contribution in [3.63, 3.8) is 0 Å². The molecule has 1 unspecified atom stereocenters. The normalized spacial score (nSPS) is 12.4. The van der Waals surface area contributed by atoms with Gasteiger partial charge in [-0.05, 0) is 18.2 Å². The molecule has 8 heteroatoms. The molecule has 0 spiro atoms. The van der Waals surface area contributed by atoms with Crippen molar-refractivity contribution in [1.29, 1.82) is 0 Å². The predicted octanol–water partition coefficient (Wildman–Crippen LogP) is 4.36. The second-order valence-corrected chi connectivity index (χ2v) is 5.87. The molecule has 2 N–H and O–H groups in total. The number of benzene rings is 2. The van der Waals surface area contributed by atoms with Gasteiger partial charge in [-0.3, -0.25) is 4.98 Å². The van der Waals surface area contributed by atoms with Crippen LogP contribution in [0.4, 0.5) is 14.6 Å². The summed E-state index contributed by atoms with van der Waals surface area (Å²) in [6, 6.07) is 5.48. The molecule has 0 aliphatic carbocycles. The molecule has 0 radical (unpaired) electrons. The third kappa shape index (κ3) is 3.40. The second kappa shape index (κ2) is 6.84. The fraction of sp³-hybridized carbons (Fsp3) is 0.125. The van der Waals surface area contributed by atoms with Crippen LogP contribution in [0.15, 0.2) is 36.5 Å². The van der Waals surface area contributed by atoms with Crippen molar-refractivity contribution in [2.75, 3.05) is 11.9 Å². The molecule has 124 valence electrons. The van der Waals surface area contributed by atoms with Gasteiger partial charge in [0.05, 0.1) is 39.9 Å². The Hall–Kier alpha value is -2.02. The van der Waals surface area contributed by atoms with E-state index in [1.807, 2.05) is 0 Å². The van der Waals surface area contributed by atoms with Crippen LogP contribution in [0.3, 0.4) is 0 Å². The summed E-state index contributed by atoms with van der Waals surface area (Å²) in [5.41, 5.74) is 1.16. The minimum absolute atomic E-state index is 0.120. The summed E-state index contributed by atoms with van der Waals surface area (Å²) in [4.78, 5) is 8.51. The molecule has 1 atom stereocenters. The van der Waals surface area contributed by atoms with Gasteiger partial charge in [-0.25, -0.2) is 13.8 Å². The topological polar surface area (TPSA) is 58.0 Å². The largest absolute Gasteiger partial charge is 0.394 e. The first-order chi connectivity index (χ1) is 11.5. The molecule has 0 fully saturated rings. The average molecular weight is 370 g/mol. The minimum atomic E-state index is -0.805. The molecule has 4 nitrogen and oxygen atoms in total. The summed E-state index contributed by atoms with van der Waals surface area (Å²) in [5, 5.41) is 13.1. The van der Waals surface area contributed by atoms with Crippen LogP contribution < -0.4 is 5.32 Å². The number of rotatable bonds is 4. The molecule has 0 saturated heterocycles. The van der Waals surface area contributed by atoms with Crippen molar-refractivity contribution in [2.45, 2.75) is 6.04 Å². The molecule has 2 aromatic carbocycles. The van der Waals surface area contributed by atoms with E-state index < -0.39 is 24.3 Å². The lowest BCUT2D eigenvalue weighted by Gasteiger charge is -2.18. The van der Waals surface area contributed by atoms with Crippen LogP contribution in [0.5, 0.6) is 0 Å². The van der Waals surface area contributed by atoms with Crippen molar-refractivity contribution >= 4 is 40.1 Å². The van der Waals surface area contributed by atoms with Gasteiger partial charge in [0.25, 0.3) is 0 Å². The Morgan fingerprint density at radius 3 is 2.46 bits per heavy atom. The number of aliphatic hydroxyl groups is 1. The smallest absolute Gasteiger partial charge is 0.145 e. The highest BCUT2D eigenvalue weighted by atomic mass is 35.5. The Kier molecular flexibility index (Phi) is 4.80. The lowest BCUT2D eigenvalue weighted by molar-refractivity contribution is 0.273. The third-order valence-electron chi connectivity index (χ3n) is 3.43. The standard InChI is InChI=1S/C16H11Cl2F2N3O/c17-10-4-13-14(5-11(10)18)22-16(6-21-13)23-15(7-24)9-2-1-8(19)3-12(9)20/h1-6,15,24H,7H2,(H,22,23). The molecule has 1 aromatic heterocycles. The number of hydrogen-bond acceptors (Lipinski definition) is 4. The van der Waals surface area contributed by atoms with Crippen molar-refractivity contribution in [1.82, 2.24) is 9.97 Å². The average Bonchev–Trinajstić information content (AvgIpc) is 2.54. The number of aliphatic hydroxyl groups excluding tert-OH is 1. The van der Waals surface area contributed by atoms with E-state index in [9.17, 15) is 13.9 Å². The molecule has 0 amide bonds. The Balaban J connectivity index is 1.93. The van der Waals surface area contributed by atoms with E-state index in [1.165, 1.54) is 12.3 Å². The van der Waals surface area contributed by atoms with Crippen molar-refractivity contribution in [3.8, 4) is 0 Å². The highest BCUT2D eigenvalue weighted by Gasteiger charge is 2.16. The van der Waals surface area contributed by atoms with Crippen LogP contribution in [0, 0.1) is 11.6 Å². The van der Waals surface area contributed by atoms with E-state index in [-0.39, 0.29) is 5.56 Å². The lowest BCUT2D eigenvalue weighted by atomic mass is 10.1. The molecule has 0 aliphatic heterocycles.